The first kappa shape index (κ1) is 17.9. The Morgan fingerprint density at radius 2 is 1.95 bits per heavy atom. The predicted molar refractivity (Wildman–Crippen MR) is 92.9 cm³/mol. The third-order valence-electron chi connectivity index (χ3n) is 3.68. The number of terminal acetylenes is 1. The van der Waals surface area contributed by atoms with Crippen molar-refractivity contribution in [2.75, 3.05) is 0 Å². The van der Waals surface area contributed by atoms with E-state index in [1.807, 2.05) is 6.08 Å². The van der Waals surface area contributed by atoms with Crippen molar-refractivity contribution in [3.8, 4) is 12.3 Å². The average molecular weight is 275 g/mol. The first-order chi connectivity index (χ1) is 9.08. The van der Waals surface area contributed by atoms with Crippen molar-refractivity contribution in [2.24, 2.45) is 0 Å². The van der Waals surface area contributed by atoms with Gasteiger partial charge in [0.15, 0.2) is 5.66 Å². The molecule has 0 spiro atoms. The minimum Gasteiger partial charge on any atom is -0.116 e. The van der Waals surface area contributed by atoms with Gasteiger partial charge in [-0.25, -0.2) is 0 Å². The highest BCUT2D eigenvalue weighted by atomic mass is 31.2. The Morgan fingerprint density at radius 1 is 1.32 bits per heavy atom. The van der Waals surface area contributed by atoms with Crippen LogP contribution < -0.4 is 0 Å². The molecule has 0 aromatic carbocycles. The van der Waals surface area contributed by atoms with Gasteiger partial charge in [0.05, 0.1) is 24.1 Å². The Hall–Kier alpha value is -1.05. The van der Waals surface area contributed by atoms with Crippen LogP contribution in [-0.2, 0) is 0 Å². The predicted octanol–water partition coefficient (Wildman–Crippen LogP) is 6.00. The summed E-state index contributed by atoms with van der Waals surface area (Å²) in [6.07, 6.45) is 16.4. The van der Waals surface area contributed by atoms with Crippen LogP contribution in [0.2, 0.25) is 0 Å². The SMILES string of the molecule is C#CC(C=C)[P+](/C=C/C)(/C(C)=C/C)C(C=C)CCC. The van der Waals surface area contributed by atoms with E-state index < -0.39 is 7.26 Å². The normalized spacial score (nSPS) is 18.4. The zero-order chi connectivity index (χ0) is 14.9. The van der Waals surface area contributed by atoms with Gasteiger partial charge in [0.2, 0.25) is 0 Å². The van der Waals surface area contributed by atoms with Crippen LogP contribution in [0.3, 0.4) is 0 Å². The molecule has 0 aromatic heterocycles. The van der Waals surface area contributed by atoms with Gasteiger partial charge in [-0.2, -0.15) is 0 Å². The minimum atomic E-state index is -1.62. The van der Waals surface area contributed by atoms with Crippen LogP contribution >= 0.6 is 7.26 Å². The second kappa shape index (κ2) is 8.95. The van der Waals surface area contributed by atoms with Crippen LogP contribution in [0.25, 0.3) is 0 Å². The highest BCUT2D eigenvalue weighted by molar-refractivity contribution is 7.84. The zero-order valence-electron chi connectivity index (χ0n) is 12.9. The molecule has 0 saturated heterocycles. The number of hydrogen-bond acceptors (Lipinski definition) is 0. The summed E-state index contributed by atoms with van der Waals surface area (Å²) in [6.45, 7) is 16.6. The zero-order valence-corrected chi connectivity index (χ0v) is 13.8. The fourth-order valence-electron chi connectivity index (χ4n) is 2.65. The topological polar surface area (TPSA) is 0 Å². The molecule has 0 radical (unpaired) electrons. The second-order valence-corrected chi connectivity index (χ2v) is 8.58. The maximum atomic E-state index is 5.79. The molecule has 3 unspecified atom stereocenters. The van der Waals surface area contributed by atoms with Crippen molar-refractivity contribution >= 4 is 7.26 Å². The van der Waals surface area contributed by atoms with Crippen molar-refractivity contribution in [2.45, 2.75) is 51.9 Å². The highest BCUT2D eigenvalue weighted by Gasteiger charge is 2.49. The van der Waals surface area contributed by atoms with E-state index in [1.54, 1.807) is 0 Å². The molecule has 0 aromatic rings. The average Bonchev–Trinajstić information content (AvgIpc) is 2.44. The quantitative estimate of drug-likeness (QED) is 0.289. The maximum absolute atomic E-state index is 5.79. The molecule has 1 heteroatoms. The van der Waals surface area contributed by atoms with Crippen molar-refractivity contribution in [1.29, 1.82) is 0 Å². The van der Waals surface area contributed by atoms with E-state index in [-0.39, 0.29) is 5.66 Å². The molecular weight excluding hydrogens is 247 g/mol. The molecule has 0 amide bonds. The van der Waals surface area contributed by atoms with Crippen LogP contribution in [0.15, 0.2) is 48.6 Å². The smallest absolute Gasteiger partial charge is 0.116 e. The molecule has 0 fully saturated rings. The first-order valence-electron chi connectivity index (χ1n) is 6.95. The van der Waals surface area contributed by atoms with Gasteiger partial charge in [-0.15, -0.1) is 6.42 Å². The third-order valence-corrected chi connectivity index (χ3v) is 8.80. The first-order valence-corrected chi connectivity index (χ1v) is 8.95. The Morgan fingerprint density at radius 3 is 2.26 bits per heavy atom. The summed E-state index contributed by atoms with van der Waals surface area (Å²) in [4.78, 5) is 0. The van der Waals surface area contributed by atoms with E-state index in [1.165, 1.54) is 5.31 Å². The van der Waals surface area contributed by atoms with Crippen LogP contribution in [0, 0.1) is 12.3 Å². The van der Waals surface area contributed by atoms with Gasteiger partial charge < -0.3 is 0 Å². The lowest BCUT2D eigenvalue weighted by atomic mass is 10.2. The van der Waals surface area contributed by atoms with Gasteiger partial charge in [0.1, 0.15) is 0 Å². The van der Waals surface area contributed by atoms with Crippen molar-refractivity contribution in [3.05, 3.63) is 48.6 Å². The van der Waals surface area contributed by atoms with Crippen molar-refractivity contribution in [3.63, 3.8) is 0 Å². The molecule has 19 heavy (non-hydrogen) atoms. The Kier molecular flexibility index (Phi) is 8.46. The Balaban J connectivity index is 6.11. The van der Waals surface area contributed by atoms with Crippen molar-refractivity contribution in [1.82, 2.24) is 0 Å². The fraction of sp³-hybridized carbons (Fsp3) is 0.444. The van der Waals surface area contributed by atoms with Crippen LogP contribution in [0.5, 0.6) is 0 Å². The second-order valence-electron chi connectivity index (χ2n) is 4.69. The van der Waals surface area contributed by atoms with Gasteiger partial charge in [-0.1, -0.05) is 44.6 Å². The van der Waals surface area contributed by atoms with E-state index >= 15 is 0 Å². The Labute approximate surface area is 120 Å². The van der Waals surface area contributed by atoms with Gasteiger partial charge >= 0.3 is 0 Å². The monoisotopic (exact) mass is 275 g/mol. The molecule has 0 aliphatic rings. The van der Waals surface area contributed by atoms with Crippen LogP contribution in [0.4, 0.5) is 0 Å². The van der Waals surface area contributed by atoms with E-state index in [4.69, 9.17) is 6.42 Å². The van der Waals surface area contributed by atoms with Crippen molar-refractivity contribution < 1.29 is 0 Å². The lowest BCUT2D eigenvalue weighted by Crippen LogP contribution is -2.20. The van der Waals surface area contributed by atoms with Gasteiger partial charge in [0, 0.05) is 0 Å². The molecule has 0 heterocycles. The lowest BCUT2D eigenvalue weighted by Gasteiger charge is -2.33. The molecule has 0 aliphatic heterocycles. The molecule has 104 valence electrons. The summed E-state index contributed by atoms with van der Waals surface area (Å²) in [5.74, 6) is 5.30. The lowest BCUT2D eigenvalue weighted by molar-refractivity contribution is 0.815. The number of hydrogen-bond donors (Lipinski definition) is 0. The van der Waals surface area contributed by atoms with Gasteiger partial charge in [0.25, 0.3) is 0 Å². The molecule has 0 aliphatic carbocycles. The van der Waals surface area contributed by atoms with E-state index in [9.17, 15) is 0 Å². The standard InChI is InChI=1S/C18H28P/c1-8-14-18(13-6)19(15-9-2,16(7)10-3)17(11-4)12-5/h4,9-10,12-13,15,17-18H,5-6,8,14H2,1-3,7H3/q+1/b15-9+,16-10+. The maximum Gasteiger partial charge on any atom is 0.156 e. The van der Waals surface area contributed by atoms with Crippen LogP contribution in [0.1, 0.15) is 40.5 Å². The molecule has 0 bridgehead atoms. The van der Waals surface area contributed by atoms with Crippen LogP contribution in [-0.4, -0.2) is 11.3 Å². The molecular formula is C18H28P+. The highest BCUT2D eigenvalue weighted by Crippen LogP contribution is 2.75. The summed E-state index contributed by atoms with van der Waals surface area (Å²) in [5.41, 5.74) is 0.526. The largest absolute Gasteiger partial charge is 0.156 e. The number of allylic oxidation sites excluding steroid dienone is 5. The Bertz CT molecular complexity index is 394. The molecule has 0 N–H and O–H groups in total. The minimum absolute atomic E-state index is 0.0921. The fourth-order valence-corrected chi connectivity index (χ4v) is 7.23. The molecule has 3 atom stereocenters. The summed E-state index contributed by atoms with van der Waals surface area (Å²) in [5, 5.41) is 1.40. The number of rotatable bonds is 8. The van der Waals surface area contributed by atoms with Gasteiger partial charge in [-0.3, -0.25) is 0 Å². The van der Waals surface area contributed by atoms with E-state index in [2.05, 4.69) is 70.8 Å². The summed E-state index contributed by atoms with van der Waals surface area (Å²) in [7, 11) is -1.62. The third kappa shape index (κ3) is 3.71. The molecule has 0 nitrogen and oxygen atoms in total. The summed E-state index contributed by atoms with van der Waals surface area (Å²) >= 11 is 0. The molecule has 0 rings (SSSR count). The van der Waals surface area contributed by atoms with Gasteiger partial charge in [-0.05, 0) is 39.3 Å². The van der Waals surface area contributed by atoms with E-state index in [0.717, 1.165) is 12.8 Å². The molecule has 0 saturated carbocycles. The van der Waals surface area contributed by atoms with E-state index in [0.29, 0.717) is 5.66 Å². The summed E-state index contributed by atoms with van der Waals surface area (Å²) < 4.78 is 0. The summed E-state index contributed by atoms with van der Waals surface area (Å²) in [6, 6.07) is 0.